The van der Waals surface area contributed by atoms with Gasteiger partial charge in [0.05, 0.1) is 11.1 Å². The van der Waals surface area contributed by atoms with E-state index in [2.05, 4.69) is 27.8 Å². The normalized spacial score (nSPS) is 9.76. The molecule has 5 heteroatoms. The van der Waals surface area contributed by atoms with Crippen LogP contribution < -0.4 is 10.1 Å². The Kier molecular flexibility index (Phi) is 5.72. The molecule has 92 valence electrons. The van der Waals surface area contributed by atoms with Gasteiger partial charge in [0, 0.05) is 6.54 Å². The van der Waals surface area contributed by atoms with Crippen molar-refractivity contribution < 1.29 is 14.6 Å². The van der Waals surface area contributed by atoms with Crippen LogP contribution in [-0.2, 0) is 11.4 Å². The van der Waals surface area contributed by atoms with Gasteiger partial charge in [0.2, 0.25) is 0 Å². The Morgan fingerprint density at radius 3 is 2.94 bits per heavy atom. The number of hydrogen-bond acceptors (Lipinski definition) is 3. The largest absolute Gasteiger partial charge is 0.483 e. The average molecular weight is 300 g/mol. The first kappa shape index (κ1) is 13.7. The number of amides is 1. The molecule has 0 atom stereocenters. The average Bonchev–Trinajstić information content (AvgIpc) is 2.34. The molecule has 1 amide bonds. The maximum Gasteiger partial charge on any atom is 0.258 e. The smallest absolute Gasteiger partial charge is 0.258 e. The second kappa shape index (κ2) is 7.09. The lowest BCUT2D eigenvalue weighted by atomic mass is 10.2. The highest BCUT2D eigenvalue weighted by molar-refractivity contribution is 9.10. The van der Waals surface area contributed by atoms with Crippen molar-refractivity contribution >= 4 is 21.8 Å². The fourth-order valence-corrected chi connectivity index (χ4v) is 1.68. The fourth-order valence-electron chi connectivity index (χ4n) is 1.14. The van der Waals surface area contributed by atoms with Crippen LogP contribution in [0.4, 0.5) is 0 Å². The number of halogens is 1. The van der Waals surface area contributed by atoms with Gasteiger partial charge < -0.3 is 15.2 Å². The van der Waals surface area contributed by atoms with Gasteiger partial charge >= 0.3 is 0 Å². The van der Waals surface area contributed by atoms with Gasteiger partial charge in [0.1, 0.15) is 5.75 Å². The third-order valence-electron chi connectivity index (χ3n) is 1.98. The van der Waals surface area contributed by atoms with Gasteiger partial charge in [0.15, 0.2) is 6.61 Å². The first-order valence-corrected chi connectivity index (χ1v) is 5.86. The van der Waals surface area contributed by atoms with Gasteiger partial charge in [-0.1, -0.05) is 12.1 Å². The van der Waals surface area contributed by atoms with E-state index in [1.807, 2.05) is 0 Å². The number of ether oxygens (including phenoxy) is 1. The maximum atomic E-state index is 11.3. The Hall–Kier alpha value is -1.33. The minimum Gasteiger partial charge on any atom is -0.483 e. The van der Waals surface area contributed by atoms with E-state index >= 15 is 0 Å². The SMILES string of the molecule is C=CCNC(=O)COc1ccc(CO)cc1Br. The van der Waals surface area contributed by atoms with Crippen molar-refractivity contribution in [3.05, 3.63) is 40.9 Å². The number of aliphatic hydroxyl groups is 1. The fraction of sp³-hybridized carbons (Fsp3) is 0.250. The van der Waals surface area contributed by atoms with E-state index in [1.165, 1.54) is 0 Å². The van der Waals surface area contributed by atoms with Crippen molar-refractivity contribution in [1.29, 1.82) is 0 Å². The molecule has 0 unspecified atom stereocenters. The zero-order valence-corrected chi connectivity index (χ0v) is 10.9. The van der Waals surface area contributed by atoms with Gasteiger partial charge in [0.25, 0.3) is 5.91 Å². The van der Waals surface area contributed by atoms with Crippen molar-refractivity contribution in [3.8, 4) is 5.75 Å². The van der Waals surface area contributed by atoms with Crippen LogP contribution in [0.1, 0.15) is 5.56 Å². The van der Waals surface area contributed by atoms with Gasteiger partial charge in [-0.2, -0.15) is 0 Å². The number of hydrogen-bond donors (Lipinski definition) is 2. The molecular formula is C12H14BrNO3. The number of benzene rings is 1. The second-order valence-corrected chi connectivity index (χ2v) is 4.16. The number of nitrogens with one attached hydrogen (secondary N) is 1. The predicted molar refractivity (Wildman–Crippen MR) is 68.8 cm³/mol. The van der Waals surface area contributed by atoms with Crippen molar-refractivity contribution in [1.82, 2.24) is 5.32 Å². The van der Waals surface area contributed by atoms with Crippen molar-refractivity contribution in [2.45, 2.75) is 6.61 Å². The van der Waals surface area contributed by atoms with Crippen LogP contribution in [0.3, 0.4) is 0 Å². The van der Waals surface area contributed by atoms with Crippen LogP contribution in [0.15, 0.2) is 35.3 Å². The van der Waals surface area contributed by atoms with E-state index in [1.54, 1.807) is 24.3 Å². The Balaban J connectivity index is 2.51. The zero-order chi connectivity index (χ0) is 12.7. The number of aliphatic hydroxyl groups excluding tert-OH is 1. The van der Waals surface area contributed by atoms with Crippen LogP contribution in [0.2, 0.25) is 0 Å². The van der Waals surface area contributed by atoms with Crippen LogP contribution in [0, 0.1) is 0 Å². The minimum atomic E-state index is -0.206. The summed E-state index contributed by atoms with van der Waals surface area (Å²) < 4.78 is 6.03. The molecule has 0 aliphatic rings. The summed E-state index contributed by atoms with van der Waals surface area (Å²) in [5.41, 5.74) is 0.778. The molecule has 0 saturated carbocycles. The summed E-state index contributed by atoms with van der Waals surface area (Å²) in [5.74, 6) is 0.360. The Labute approximate surface area is 108 Å². The molecule has 0 spiro atoms. The molecule has 1 aromatic carbocycles. The predicted octanol–water partition coefficient (Wildman–Crippen LogP) is 1.62. The van der Waals surface area contributed by atoms with E-state index in [-0.39, 0.29) is 19.1 Å². The van der Waals surface area contributed by atoms with Crippen molar-refractivity contribution in [3.63, 3.8) is 0 Å². The van der Waals surface area contributed by atoms with E-state index in [0.29, 0.717) is 16.8 Å². The molecule has 0 fully saturated rings. The summed E-state index contributed by atoms with van der Waals surface area (Å²) >= 11 is 3.31. The summed E-state index contributed by atoms with van der Waals surface area (Å²) in [6.45, 7) is 3.84. The highest BCUT2D eigenvalue weighted by Crippen LogP contribution is 2.25. The molecule has 0 heterocycles. The standard InChI is InChI=1S/C12H14BrNO3/c1-2-5-14-12(16)8-17-11-4-3-9(7-15)6-10(11)13/h2-4,6,15H,1,5,7-8H2,(H,14,16). The molecule has 0 aliphatic heterocycles. The minimum absolute atomic E-state index is 0.0291. The molecule has 0 aliphatic carbocycles. The summed E-state index contributed by atoms with van der Waals surface area (Å²) in [7, 11) is 0. The summed E-state index contributed by atoms with van der Waals surface area (Å²) in [6.07, 6.45) is 1.60. The lowest BCUT2D eigenvalue weighted by Gasteiger charge is -2.08. The summed E-state index contributed by atoms with van der Waals surface area (Å²) in [5, 5.41) is 11.5. The van der Waals surface area contributed by atoms with Crippen LogP contribution >= 0.6 is 15.9 Å². The topological polar surface area (TPSA) is 58.6 Å². The lowest BCUT2D eigenvalue weighted by Crippen LogP contribution is -2.28. The van der Waals surface area contributed by atoms with Crippen molar-refractivity contribution in [2.24, 2.45) is 0 Å². The summed E-state index contributed by atoms with van der Waals surface area (Å²) in [6, 6.07) is 5.19. The molecule has 1 rings (SSSR count). The van der Waals surface area contributed by atoms with Gasteiger partial charge in [-0.15, -0.1) is 6.58 Å². The Bertz CT molecular complexity index is 407. The zero-order valence-electron chi connectivity index (χ0n) is 9.28. The van der Waals surface area contributed by atoms with E-state index < -0.39 is 0 Å². The van der Waals surface area contributed by atoms with E-state index in [0.717, 1.165) is 5.56 Å². The monoisotopic (exact) mass is 299 g/mol. The molecule has 1 aromatic rings. The van der Waals surface area contributed by atoms with Gasteiger partial charge in [-0.25, -0.2) is 0 Å². The van der Waals surface area contributed by atoms with Crippen LogP contribution in [0.25, 0.3) is 0 Å². The highest BCUT2D eigenvalue weighted by Gasteiger charge is 2.05. The van der Waals surface area contributed by atoms with Crippen LogP contribution in [-0.4, -0.2) is 24.2 Å². The Morgan fingerprint density at radius 1 is 1.59 bits per heavy atom. The first-order valence-electron chi connectivity index (χ1n) is 5.07. The molecule has 0 saturated heterocycles. The van der Waals surface area contributed by atoms with Crippen molar-refractivity contribution in [2.75, 3.05) is 13.2 Å². The van der Waals surface area contributed by atoms with E-state index in [9.17, 15) is 4.79 Å². The van der Waals surface area contributed by atoms with E-state index in [4.69, 9.17) is 9.84 Å². The lowest BCUT2D eigenvalue weighted by molar-refractivity contribution is -0.122. The highest BCUT2D eigenvalue weighted by atomic mass is 79.9. The van der Waals surface area contributed by atoms with Gasteiger partial charge in [-0.05, 0) is 33.6 Å². The molecule has 0 radical (unpaired) electrons. The van der Waals surface area contributed by atoms with Crippen LogP contribution in [0.5, 0.6) is 5.75 Å². The summed E-state index contributed by atoms with van der Waals surface area (Å²) in [4.78, 5) is 11.3. The molecule has 0 aromatic heterocycles. The maximum absolute atomic E-state index is 11.3. The molecule has 2 N–H and O–H groups in total. The molecule has 0 bridgehead atoms. The first-order chi connectivity index (χ1) is 8.17. The van der Waals surface area contributed by atoms with Gasteiger partial charge in [-0.3, -0.25) is 4.79 Å². The molecular weight excluding hydrogens is 286 g/mol. The second-order valence-electron chi connectivity index (χ2n) is 3.30. The third kappa shape index (κ3) is 4.58. The number of carbonyl (C=O) groups is 1. The quantitative estimate of drug-likeness (QED) is 0.785. The third-order valence-corrected chi connectivity index (χ3v) is 2.60. The molecule has 4 nitrogen and oxygen atoms in total. The number of carbonyl (C=O) groups excluding carboxylic acids is 1. The Morgan fingerprint density at radius 2 is 2.35 bits per heavy atom. The number of rotatable bonds is 6. The molecule has 17 heavy (non-hydrogen) atoms.